The van der Waals surface area contributed by atoms with Crippen LogP contribution < -0.4 is 16.3 Å². The van der Waals surface area contributed by atoms with Crippen molar-refractivity contribution in [3.8, 4) is 0 Å². The van der Waals surface area contributed by atoms with Gasteiger partial charge in [-0.1, -0.05) is 33.8 Å². The summed E-state index contributed by atoms with van der Waals surface area (Å²) in [4.78, 5) is 5.73. The Labute approximate surface area is 122 Å². The van der Waals surface area contributed by atoms with Gasteiger partial charge in [-0.15, -0.1) is 0 Å². The van der Waals surface area contributed by atoms with Crippen LogP contribution in [0.1, 0.15) is 33.3 Å². The SMILES string of the molecule is CCN(CC)CCc1c[nH]c(=C/C(C)C)/c1=C(\N)OC. The maximum absolute atomic E-state index is 6.03. The summed E-state index contributed by atoms with van der Waals surface area (Å²) < 4.78 is 5.26. The maximum atomic E-state index is 6.03. The lowest BCUT2D eigenvalue weighted by molar-refractivity contribution is 0.307. The molecular weight excluding hydrogens is 250 g/mol. The van der Waals surface area contributed by atoms with Crippen molar-refractivity contribution in [2.75, 3.05) is 26.7 Å². The molecule has 0 aliphatic carbocycles. The molecule has 114 valence electrons. The van der Waals surface area contributed by atoms with Crippen molar-refractivity contribution in [2.45, 2.75) is 34.1 Å². The standard InChI is InChI=1S/C16H29N3O/c1-6-19(7-2)9-8-13-11-18-14(10-12(3)4)15(13)16(17)20-5/h10-12,18H,6-9,17H2,1-5H3/b14-10+,16-15+. The molecule has 0 atom stereocenters. The fourth-order valence-electron chi connectivity index (χ4n) is 2.36. The third-order valence-electron chi connectivity index (χ3n) is 3.55. The molecule has 1 aromatic rings. The Morgan fingerprint density at radius 1 is 1.40 bits per heavy atom. The zero-order valence-electron chi connectivity index (χ0n) is 13.5. The molecule has 0 aliphatic heterocycles. The lowest BCUT2D eigenvalue weighted by Crippen LogP contribution is -2.33. The zero-order chi connectivity index (χ0) is 15.1. The minimum atomic E-state index is 0.465. The fraction of sp³-hybridized carbons (Fsp3) is 0.625. The first-order valence-electron chi connectivity index (χ1n) is 7.47. The number of nitrogens with one attached hydrogen (secondary N) is 1. The summed E-state index contributed by atoms with van der Waals surface area (Å²) >= 11 is 0. The van der Waals surface area contributed by atoms with Crippen molar-refractivity contribution in [3.63, 3.8) is 0 Å². The Balaban J connectivity index is 3.13. The lowest BCUT2D eigenvalue weighted by Gasteiger charge is -2.17. The van der Waals surface area contributed by atoms with Crippen molar-refractivity contribution < 1.29 is 4.74 Å². The molecule has 0 fully saturated rings. The molecule has 1 aromatic heterocycles. The number of aromatic nitrogens is 1. The lowest BCUT2D eigenvalue weighted by atomic mass is 10.1. The number of H-pyrrole nitrogens is 1. The molecule has 0 amide bonds. The van der Waals surface area contributed by atoms with E-state index >= 15 is 0 Å². The van der Waals surface area contributed by atoms with Gasteiger partial charge in [0.2, 0.25) is 0 Å². The average Bonchev–Trinajstić information content (AvgIpc) is 2.81. The van der Waals surface area contributed by atoms with Crippen LogP contribution >= 0.6 is 0 Å². The largest absolute Gasteiger partial charge is 0.482 e. The number of hydrogen-bond acceptors (Lipinski definition) is 3. The molecule has 3 N–H and O–H groups in total. The van der Waals surface area contributed by atoms with E-state index in [-0.39, 0.29) is 0 Å². The van der Waals surface area contributed by atoms with Crippen molar-refractivity contribution in [1.29, 1.82) is 0 Å². The van der Waals surface area contributed by atoms with Gasteiger partial charge in [-0.2, -0.15) is 0 Å². The Morgan fingerprint density at radius 2 is 2.05 bits per heavy atom. The highest BCUT2D eigenvalue weighted by molar-refractivity contribution is 5.39. The summed E-state index contributed by atoms with van der Waals surface area (Å²) in [5, 5.41) is 2.09. The normalized spacial score (nSPS) is 14.2. The summed E-state index contributed by atoms with van der Waals surface area (Å²) in [6.45, 7) is 11.9. The summed E-state index contributed by atoms with van der Waals surface area (Å²) in [7, 11) is 1.62. The summed E-state index contributed by atoms with van der Waals surface area (Å²) in [6, 6.07) is 0. The van der Waals surface area contributed by atoms with Crippen molar-refractivity contribution in [2.24, 2.45) is 11.7 Å². The number of nitrogens with two attached hydrogens (primary N) is 1. The molecule has 0 aromatic carbocycles. The molecule has 0 bridgehead atoms. The Hall–Kier alpha value is -1.42. The highest BCUT2D eigenvalue weighted by Gasteiger charge is 2.07. The van der Waals surface area contributed by atoms with Crippen LogP contribution in [0.4, 0.5) is 0 Å². The molecule has 0 spiro atoms. The van der Waals surface area contributed by atoms with Crippen LogP contribution in [0.15, 0.2) is 6.20 Å². The minimum Gasteiger partial charge on any atom is -0.482 e. The van der Waals surface area contributed by atoms with E-state index in [1.165, 1.54) is 5.56 Å². The van der Waals surface area contributed by atoms with Crippen LogP contribution in [0.3, 0.4) is 0 Å². The van der Waals surface area contributed by atoms with E-state index in [4.69, 9.17) is 10.5 Å². The molecule has 4 heteroatoms. The molecule has 0 saturated heterocycles. The second kappa shape index (κ2) is 8.00. The van der Waals surface area contributed by atoms with Gasteiger partial charge in [-0.25, -0.2) is 0 Å². The number of methoxy groups -OCH3 is 1. The maximum Gasteiger partial charge on any atom is 0.193 e. The first-order chi connectivity index (χ1) is 9.53. The third-order valence-corrected chi connectivity index (χ3v) is 3.55. The average molecular weight is 279 g/mol. The van der Waals surface area contributed by atoms with E-state index in [0.29, 0.717) is 11.8 Å². The van der Waals surface area contributed by atoms with Crippen LogP contribution in [0.25, 0.3) is 12.0 Å². The molecule has 0 radical (unpaired) electrons. The molecule has 1 heterocycles. The summed E-state index contributed by atoms with van der Waals surface area (Å²) in [6.07, 6.45) is 5.21. The number of likely N-dealkylation sites (N-methyl/N-ethyl adjacent to an activating group) is 1. The Morgan fingerprint density at radius 3 is 2.55 bits per heavy atom. The van der Waals surface area contributed by atoms with Crippen molar-refractivity contribution in [3.05, 3.63) is 22.3 Å². The van der Waals surface area contributed by atoms with Crippen molar-refractivity contribution >= 4 is 12.0 Å². The summed E-state index contributed by atoms with van der Waals surface area (Å²) in [5.41, 5.74) is 7.25. The van der Waals surface area contributed by atoms with Gasteiger partial charge >= 0.3 is 0 Å². The van der Waals surface area contributed by atoms with E-state index in [2.05, 4.69) is 49.9 Å². The Bertz CT molecular complexity index is 512. The fourth-order valence-corrected chi connectivity index (χ4v) is 2.36. The minimum absolute atomic E-state index is 0.465. The van der Waals surface area contributed by atoms with Gasteiger partial charge in [0.05, 0.1) is 12.3 Å². The highest BCUT2D eigenvalue weighted by atomic mass is 16.5. The van der Waals surface area contributed by atoms with E-state index in [9.17, 15) is 0 Å². The van der Waals surface area contributed by atoms with Gasteiger partial charge in [0, 0.05) is 18.1 Å². The van der Waals surface area contributed by atoms with E-state index < -0.39 is 0 Å². The highest BCUT2D eigenvalue weighted by Crippen LogP contribution is 1.97. The van der Waals surface area contributed by atoms with Gasteiger partial charge in [0.15, 0.2) is 5.88 Å². The number of nitrogens with zero attached hydrogens (tertiary/aromatic N) is 1. The molecule has 4 nitrogen and oxygen atoms in total. The van der Waals surface area contributed by atoms with Crippen LogP contribution in [-0.4, -0.2) is 36.6 Å². The molecule has 20 heavy (non-hydrogen) atoms. The quantitative estimate of drug-likeness (QED) is 0.783. The zero-order valence-corrected chi connectivity index (χ0v) is 13.5. The smallest absolute Gasteiger partial charge is 0.193 e. The molecule has 1 rings (SSSR count). The predicted molar refractivity (Wildman–Crippen MR) is 85.4 cm³/mol. The number of aromatic amines is 1. The van der Waals surface area contributed by atoms with Crippen molar-refractivity contribution in [1.82, 2.24) is 9.88 Å². The summed E-state index contributed by atoms with van der Waals surface area (Å²) in [5.74, 6) is 0.959. The second-order valence-corrected chi connectivity index (χ2v) is 5.36. The van der Waals surface area contributed by atoms with E-state index in [0.717, 1.165) is 36.6 Å². The van der Waals surface area contributed by atoms with Crippen LogP contribution in [0.5, 0.6) is 0 Å². The Kier molecular flexibility index (Phi) is 6.65. The van der Waals surface area contributed by atoms with Gasteiger partial charge in [0.1, 0.15) is 0 Å². The van der Waals surface area contributed by atoms with Gasteiger partial charge < -0.3 is 20.4 Å². The molecular formula is C16H29N3O. The van der Waals surface area contributed by atoms with E-state index in [1.807, 2.05) is 0 Å². The van der Waals surface area contributed by atoms with Gasteiger partial charge in [-0.05, 0) is 31.0 Å². The molecule has 0 aliphatic rings. The number of rotatable bonds is 7. The molecule has 0 unspecified atom stereocenters. The van der Waals surface area contributed by atoms with Crippen LogP contribution in [0.2, 0.25) is 0 Å². The first-order valence-corrected chi connectivity index (χ1v) is 7.47. The first kappa shape index (κ1) is 16.6. The number of hydrogen-bond donors (Lipinski definition) is 2. The van der Waals surface area contributed by atoms with Crippen LogP contribution in [-0.2, 0) is 11.2 Å². The predicted octanol–water partition coefficient (Wildman–Crippen LogP) is 1.01. The topological polar surface area (TPSA) is 54.3 Å². The molecule has 0 saturated carbocycles. The van der Waals surface area contributed by atoms with Crippen LogP contribution in [0, 0.1) is 5.92 Å². The third kappa shape index (κ3) is 4.30. The van der Waals surface area contributed by atoms with Gasteiger partial charge in [-0.3, -0.25) is 0 Å². The second-order valence-electron chi connectivity index (χ2n) is 5.36. The number of ether oxygens (including phenoxy) is 1. The van der Waals surface area contributed by atoms with Gasteiger partial charge in [0.25, 0.3) is 0 Å². The monoisotopic (exact) mass is 279 g/mol. The van der Waals surface area contributed by atoms with E-state index in [1.54, 1.807) is 7.11 Å².